The van der Waals surface area contributed by atoms with Gasteiger partial charge in [-0.3, -0.25) is 14.4 Å². The smallest absolute Gasteiger partial charge is 0.246 e. The second-order valence-corrected chi connectivity index (χ2v) is 4.84. The number of nitrogens with one attached hydrogen (secondary N) is 3. The van der Waals surface area contributed by atoms with Crippen LogP contribution in [0.25, 0.3) is 0 Å². The van der Waals surface area contributed by atoms with Crippen LogP contribution >= 0.6 is 0 Å². The van der Waals surface area contributed by atoms with Crippen molar-refractivity contribution in [2.24, 2.45) is 11.5 Å². The van der Waals surface area contributed by atoms with Gasteiger partial charge in [-0.1, -0.05) is 0 Å². The summed E-state index contributed by atoms with van der Waals surface area (Å²) in [6.45, 7) is 1.01. The number of hydrogen-bond donors (Lipinski definition) is 6. The minimum Gasteiger partial charge on any atom is -0.860 e. The van der Waals surface area contributed by atoms with Crippen molar-refractivity contribution in [3.63, 3.8) is 0 Å². The zero-order valence-corrected chi connectivity index (χ0v) is 13.0. The van der Waals surface area contributed by atoms with Gasteiger partial charge in [0.1, 0.15) is 12.1 Å². The van der Waals surface area contributed by atoms with Gasteiger partial charge in [-0.25, -0.2) is 0 Å². The van der Waals surface area contributed by atoms with Gasteiger partial charge in [0, 0.05) is 13.1 Å². The molecule has 2 unspecified atom stereocenters. The molecule has 10 heteroatoms. The molecule has 8 N–H and O–H groups in total. The van der Waals surface area contributed by atoms with Crippen LogP contribution < -0.4 is 32.5 Å². The lowest BCUT2D eigenvalue weighted by molar-refractivity contribution is -0.305. The quantitative estimate of drug-likeness (QED) is 0.176. The van der Waals surface area contributed by atoms with E-state index in [0.717, 1.165) is 6.20 Å². The van der Waals surface area contributed by atoms with E-state index in [-0.39, 0.29) is 6.42 Å². The Morgan fingerprint density at radius 2 is 1.83 bits per heavy atom. The molecule has 0 saturated carbocycles. The predicted molar refractivity (Wildman–Crippen MR) is 79.9 cm³/mol. The Labute approximate surface area is 134 Å². The molecule has 2 atom stereocenters. The molecule has 0 aliphatic carbocycles. The van der Waals surface area contributed by atoms with Crippen molar-refractivity contribution in [2.75, 3.05) is 13.2 Å². The van der Waals surface area contributed by atoms with Gasteiger partial charge in [0.2, 0.25) is 17.7 Å². The third-order valence-electron chi connectivity index (χ3n) is 2.81. The van der Waals surface area contributed by atoms with Crippen molar-refractivity contribution in [2.45, 2.75) is 38.3 Å². The summed E-state index contributed by atoms with van der Waals surface area (Å²) in [5.41, 5.74) is 10.3. The van der Waals surface area contributed by atoms with Crippen molar-refractivity contribution in [1.82, 2.24) is 16.0 Å². The normalized spacial score (nSPS) is 13.8. The summed E-state index contributed by atoms with van der Waals surface area (Å²) >= 11 is 0. The Balaban J connectivity index is 4.83. The molecule has 0 bridgehead atoms. The average molecular weight is 330 g/mol. The van der Waals surface area contributed by atoms with Crippen LogP contribution in [-0.4, -0.2) is 48.1 Å². The van der Waals surface area contributed by atoms with E-state index >= 15 is 0 Å². The summed E-state index contributed by atoms with van der Waals surface area (Å²) in [5.74, 6) is -2.68. The van der Waals surface area contributed by atoms with Gasteiger partial charge in [-0.15, -0.1) is 0 Å². The number of aliphatic hydroxyl groups is 1. The van der Waals surface area contributed by atoms with E-state index in [2.05, 4.69) is 16.0 Å². The molecule has 0 rings (SSSR count). The molecule has 0 radical (unpaired) electrons. The Morgan fingerprint density at radius 3 is 2.30 bits per heavy atom. The molecule has 0 aliphatic rings. The minimum atomic E-state index is -1.17. The molecule has 0 saturated heterocycles. The zero-order chi connectivity index (χ0) is 17.8. The highest BCUT2D eigenvalue weighted by Gasteiger charge is 2.25. The van der Waals surface area contributed by atoms with Crippen LogP contribution in [0.3, 0.4) is 0 Å². The maximum atomic E-state index is 12.0. The number of carbonyl (C=O) groups excluding carboxylic acids is 3. The van der Waals surface area contributed by atoms with Gasteiger partial charge < -0.3 is 37.6 Å². The minimum absolute atomic E-state index is 0.277. The van der Waals surface area contributed by atoms with Crippen LogP contribution in [0.15, 0.2) is 12.1 Å². The van der Waals surface area contributed by atoms with Crippen LogP contribution in [0, 0.1) is 0 Å². The maximum absolute atomic E-state index is 12.0. The highest BCUT2D eigenvalue weighted by molar-refractivity contribution is 5.92. The summed E-state index contributed by atoms with van der Waals surface area (Å²) in [6.07, 6.45) is 2.27. The van der Waals surface area contributed by atoms with Gasteiger partial charge in [0.25, 0.3) is 0 Å². The van der Waals surface area contributed by atoms with E-state index in [1.165, 1.54) is 6.92 Å². The van der Waals surface area contributed by atoms with E-state index in [1.54, 1.807) is 0 Å². The summed E-state index contributed by atoms with van der Waals surface area (Å²) in [5, 5.41) is 26.6. The number of nitrogens with two attached hydrogens (primary N) is 2. The van der Waals surface area contributed by atoms with E-state index in [1.807, 2.05) is 0 Å². The Kier molecular flexibility index (Phi) is 10.1. The average Bonchev–Trinajstić information content (AvgIpc) is 2.48. The highest BCUT2D eigenvalue weighted by Crippen LogP contribution is 2.02. The second kappa shape index (κ2) is 11.3. The molecule has 10 nitrogen and oxygen atoms in total. The van der Waals surface area contributed by atoms with E-state index in [0.29, 0.717) is 19.4 Å². The Morgan fingerprint density at radius 1 is 1.17 bits per heavy atom. The number of hydrogen-bond acceptors (Lipinski definition) is 7. The standard InChI is InChI=1S/C13H25N5O5/c1-8(20)17-10(7-19)13(23)18-9(4-2-3-5-14)12(22)16-6-11(15)21/h6,9-10,19,21H,2-5,7,14-15H2,1H3,(H,16,22)(H,17,20)(H,18,23)/p-1. The lowest BCUT2D eigenvalue weighted by Gasteiger charge is -2.21. The molecule has 3 amide bonds. The molecule has 0 aromatic carbocycles. The summed E-state index contributed by atoms with van der Waals surface area (Å²) in [7, 11) is 0. The fourth-order valence-corrected chi connectivity index (χ4v) is 1.72. The first-order valence-corrected chi connectivity index (χ1v) is 7.13. The second-order valence-electron chi connectivity index (χ2n) is 4.84. The first-order chi connectivity index (χ1) is 10.8. The first kappa shape index (κ1) is 20.7. The van der Waals surface area contributed by atoms with Crippen LogP contribution in [0.4, 0.5) is 0 Å². The van der Waals surface area contributed by atoms with Crippen molar-refractivity contribution < 1.29 is 24.6 Å². The van der Waals surface area contributed by atoms with Gasteiger partial charge >= 0.3 is 0 Å². The zero-order valence-electron chi connectivity index (χ0n) is 13.0. The fourth-order valence-electron chi connectivity index (χ4n) is 1.72. The fraction of sp³-hybridized carbons (Fsp3) is 0.615. The van der Waals surface area contributed by atoms with Gasteiger partial charge in [-0.05, 0) is 31.7 Å². The van der Waals surface area contributed by atoms with Crippen LogP contribution in [0.2, 0.25) is 0 Å². The molecule has 0 aliphatic heterocycles. The topological polar surface area (TPSA) is 183 Å². The number of amides is 3. The Bertz CT molecular complexity index is 436. The third kappa shape index (κ3) is 9.32. The van der Waals surface area contributed by atoms with E-state index in [9.17, 15) is 19.5 Å². The SMILES string of the molecule is CC(=O)NC(CO)C(=O)NC(CCCCN)C(=O)NC=C(N)[O-]. The predicted octanol–water partition coefficient (Wildman–Crippen LogP) is -3.67. The Hall–Kier alpha value is -2.33. The monoisotopic (exact) mass is 330 g/mol. The van der Waals surface area contributed by atoms with Crippen molar-refractivity contribution in [3.05, 3.63) is 12.1 Å². The molecular weight excluding hydrogens is 306 g/mol. The third-order valence-corrected chi connectivity index (χ3v) is 2.81. The molecular formula is C13H24N5O5-. The molecule has 132 valence electrons. The molecule has 0 aromatic rings. The van der Waals surface area contributed by atoms with Gasteiger partial charge in [0.05, 0.1) is 6.61 Å². The lowest BCUT2D eigenvalue weighted by atomic mass is 10.1. The summed E-state index contributed by atoms with van der Waals surface area (Å²) < 4.78 is 0. The van der Waals surface area contributed by atoms with Crippen molar-refractivity contribution >= 4 is 17.7 Å². The van der Waals surface area contributed by atoms with Gasteiger partial charge in [0.15, 0.2) is 0 Å². The molecule has 0 fully saturated rings. The van der Waals surface area contributed by atoms with Crippen LogP contribution in [-0.2, 0) is 14.4 Å². The lowest BCUT2D eigenvalue weighted by Crippen LogP contribution is -2.54. The van der Waals surface area contributed by atoms with Crippen molar-refractivity contribution in [3.8, 4) is 0 Å². The number of aliphatic hydroxyl groups excluding tert-OH is 1. The molecule has 23 heavy (non-hydrogen) atoms. The van der Waals surface area contributed by atoms with E-state index < -0.39 is 42.3 Å². The van der Waals surface area contributed by atoms with Gasteiger partial charge in [-0.2, -0.15) is 0 Å². The first-order valence-electron chi connectivity index (χ1n) is 7.13. The number of carbonyl (C=O) groups is 3. The molecule has 0 aromatic heterocycles. The number of rotatable bonds is 10. The van der Waals surface area contributed by atoms with Crippen LogP contribution in [0.5, 0.6) is 0 Å². The maximum Gasteiger partial charge on any atom is 0.246 e. The molecule has 0 heterocycles. The molecule has 0 spiro atoms. The van der Waals surface area contributed by atoms with Crippen LogP contribution in [0.1, 0.15) is 26.2 Å². The number of unbranched alkanes of at least 4 members (excludes halogenated alkanes) is 1. The summed E-state index contributed by atoms with van der Waals surface area (Å²) in [4.78, 5) is 34.9. The summed E-state index contributed by atoms with van der Waals surface area (Å²) in [6, 6.07) is -2.12. The van der Waals surface area contributed by atoms with E-state index in [4.69, 9.17) is 16.6 Å². The highest BCUT2D eigenvalue weighted by atomic mass is 16.3. The van der Waals surface area contributed by atoms with Crippen molar-refractivity contribution in [1.29, 1.82) is 0 Å². The largest absolute Gasteiger partial charge is 0.860 e.